The van der Waals surface area contributed by atoms with Crippen molar-refractivity contribution in [3.63, 3.8) is 0 Å². The van der Waals surface area contributed by atoms with Gasteiger partial charge in [0.15, 0.2) is 11.3 Å². The van der Waals surface area contributed by atoms with Crippen molar-refractivity contribution in [2.75, 3.05) is 6.54 Å². The van der Waals surface area contributed by atoms with Gasteiger partial charge in [-0.25, -0.2) is 4.98 Å². The van der Waals surface area contributed by atoms with Crippen LogP contribution in [0.3, 0.4) is 0 Å². The first-order valence-corrected chi connectivity index (χ1v) is 8.95. The Morgan fingerprint density at radius 2 is 2.04 bits per heavy atom. The second-order valence-electron chi connectivity index (χ2n) is 5.94. The molecule has 0 radical (unpaired) electrons. The maximum absolute atomic E-state index is 12.0. The van der Waals surface area contributed by atoms with Crippen LogP contribution in [0.15, 0.2) is 50.5 Å². The fourth-order valence-electron chi connectivity index (χ4n) is 2.18. The first-order chi connectivity index (χ1) is 11.6. The van der Waals surface area contributed by atoms with Gasteiger partial charge >= 0.3 is 0 Å². The van der Waals surface area contributed by atoms with Crippen molar-refractivity contribution in [3.05, 3.63) is 47.9 Å². The van der Waals surface area contributed by atoms with E-state index in [-0.39, 0.29) is 5.91 Å². The molecule has 0 saturated carbocycles. The average molecular weight is 344 g/mol. The lowest BCUT2D eigenvalue weighted by atomic mass is 10.1. The van der Waals surface area contributed by atoms with Crippen molar-refractivity contribution in [2.24, 2.45) is 5.92 Å². The van der Waals surface area contributed by atoms with Gasteiger partial charge < -0.3 is 14.2 Å². The monoisotopic (exact) mass is 344 g/mol. The summed E-state index contributed by atoms with van der Waals surface area (Å²) in [5, 5.41) is 3.46. The summed E-state index contributed by atoms with van der Waals surface area (Å²) in [6, 6.07) is 11.2. The van der Waals surface area contributed by atoms with Crippen molar-refractivity contribution in [1.29, 1.82) is 0 Å². The van der Waals surface area contributed by atoms with Gasteiger partial charge in [-0.1, -0.05) is 37.7 Å². The first-order valence-electron chi connectivity index (χ1n) is 7.97. The molecular formula is C18H20N2O3S. The number of nitrogens with one attached hydrogen (secondary N) is 1. The standard InChI is InChI=1S/C18H20N2O3S/c1-12(2)9-10-19-17(21)16-8-7-13(22-16)11-24-18-20-14-5-3-4-6-15(14)23-18/h3-8,12H,9-11H2,1-2H3,(H,19,21). The molecule has 0 bridgehead atoms. The Balaban J connectivity index is 1.54. The lowest BCUT2D eigenvalue weighted by Crippen LogP contribution is -2.24. The third-order valence-electron chi connectivity index (χ3n) is 3.50. The van der Waals surface area contributed by atoms with E-state index in [1.807, 2.05) is 30.3 Å². The van der Waals surface area contributed by atoms with Crippen LogP contribution in [0.2, 0.25) is 0 Å². The summed E-state index contributed by atoms with van der Waals surface area (Å²) >= 11 is 1.44. The van der Waals surface area contributed by atoms with Crippen molar-refractivity contribution in [1.82, 2.24) is 10.3 Å². The third kappa shape index (κ3) is 4.20. The summed E-state index contributed by atoms with van der Waals surface area (Å²) in [4.78, 5) is 16.4. The zero-order chi connectivity index (χ0) is 16.9. The van der Waals surface area contributed by atoms with Crippen LogP contribution in [0.4, 0.5) is 0 Å². The Kier molecular flexibility index (Phi) is 5.25. The summed E-state index contributed by atoms with van der Waals surface area (Å²) in [6.07, 6.45) is 0.951. The van der Waals surface area contributed by atoms with E-state index in [1.165, 1.54) is 11.8 Å². The van der Waals surface area contributed by atoms with Crippen LogP contribution in [0.5, 0.6) is 0 Å². The zero-order valence-electron chi connectivity index (χ0n) is 13.7. The molecule has 0 saturated heterocycles. The third-order valence-corrected chi connectivity index (χ3v) is 4.36. The molecule has 2 heterocycles. The molecule has 1 aromatic carbocycles. The lowest BCUT2D eigenvalue weighted by molar-refractivity contribution is 0.0923. The molecule has 0 fully saturated rings. The van der Waals surface area contributed by atoms with Gasteiger partial charge in [0.1, 0.15) is 11.3 Å². The summed E-state index contributed by atoms with van der Waals surface area (Å²) in [5.41, 5.74) is 1.61. The number of amides is 1. The Bertz CT molecular complexity index is 789. The van der Waals surface area contributed by atoms with Crippen molar-refractivity contribution < 1.29 is 13.6 Å². The number of thioether (sulfide) groups is 1. The minimum absolute atomic E-state index is 0.172. The molecule has 1 N–H and O–H groups in total. The predicted octanol–water partition coefficient (Wildman–Crippen LogP) is 4.49. The zero-order valence-corrected chi connectivity index (χ0v) is 14.6. The predicted molar refractivity (Wildman–Crippen MR) is 94.1 cm³/mol. The number of nitrogens with zero attached hydrogens (tertiary/aromatic N) is 1. The van der Waals surface area contributed by atoms with Crippen molar-refractivity contribution in [3.8, 4) is 0 Å². The smallest absolute Gasteiger partial charge is 0.286 e. The molecule has 3 rings (SSSR count). The number of carbonyl (C=O) groups is 1. The first kappa shape index (κ1) is 16.6. The van der Waals surface area contributed by atoms with Crippen LogP contribution in [-0.4, -0.2) is 17.4 Å². The molecule has 126 valence electrons. The lowest BCUT2D eigenvalue weighted by Gasteiger charge is -2.05. The molecule has 0 atom stereocenters. The number of hydrogen-bond acceptors (Lipinski definition) is 5. The second kappa shape index (κ2) is 7.57. The number of benzene rings is 1. The van der Waals surface area contributed by atoms with E-state index in [4.69, 9.17) is 8.83 Å². The summed E-state index contributed by atoms with van der Waals surface area (Å²) < 4.78 is 11.2. The minimum Gasteiger partial charge on any atom is -0.455 e. The number of oxazole rings is 1. The van der Waals surface area contributed by atoms with E-state index in [0.717, 1.165) is 23.3 Å². The molecule has 6 heteroatoms. The SMILES string of the molecule is CC(C)CCNC(=O)c1ccc(CSc2nc3ccccc3o2)o1. The van der Waals surface area contributed by atoms with Crippen LogP contribution in [0.25, 0.3) is 11.1 Å². The Morgan fingerprint density at radius 1 is 1.21 bits per heavy atom. The van der Waals surface area contributed by atoms with Gasteiger partial charge in [-0.05, 0) is 36.6 Å². The van der Waals surface area contributed by atoms with E-state index in [1.54, 1.807) is 6.07 Å². The molecule has 3 aromatic rings. The largest absolute Gasteiger partial charge is 0.455 e. The van der Waals surface area contributed by atoms with E-state index >= 15 is 0 Å². The maximum atomic E-state index is 12.0. The average Bonchev–Trinajstić information content (AvgIpc) is 3.19. The number of furan rings is 1. The van der Waals surface area contributed by atoms with Gasteiger partial charge in [0.05, 0.1) is 5.75 Å². The summed E-state index contributed by atoms with van der Waals surface area (Å²) in [6.45, 7) is 4.91. The number of para-hydroxylation sites is 2. The number of aromatic nitrogens is 1. The molecule has 0 aliphatic heterocycles. The minimum atomic E-state index is -0.172. The molecule has 1 amide bonds. The van der Waals surface area contributed by atoms with Crippen LogP contribution >= 0.6 is 11.8 Å². The van der Waals surface area contributed by atoms with Crippen LogP contribution in [0.1, 0.15) is 36.6 Å². The fourth-order valence-corrected chi connectivity index (χ4v) is 2.92. The van der Waals surface area contributed by atoms with Crippen molar-refractivity contribution >= 4 is 28.8 Å². The van der Waals surface area contributed by atoms with Crippen molar-refractivity contribution in [2.45, 2.75) is 31.2 Å². The van der Waals surface area contributed by atoms with Gasteiger partial charge in [0.2, 0.25) is 0 Å². The fraction of sp³-hybridized carbons (Fsp3) is 0.333. The second-order valence-corrected chi connectivity index (χ2v) is 6.87. The summed E-state index contributed by atoms with van der Waals surface area (Å²) in [5.74, 6) is 2.01. The topological polar surface area (TPSA) is 68.3 Å². The number of fused-ring (bicyclic) bond motifs is 1. The molecule has 2 aromatic heterocycles. The van der Waals surface area contributed by atoms with Crippen LogP contribution < -0.4 is 5.32 Å². The van der Waals surface area contributed by atoms with Gasteiger partial charge in [0.25, 0.3) is 11.1 Å². The van der Waals surface area contributed by atoms with Gasteiger partial charge in [-0.3, -0.25) is 4.79 Å². The van der Waals surface area contributed by atoms with E-state index in [9.17, 15) is 4.79 Å². The number of rotatable bonds is 7. The highest BCUT2D eigenvalue weighted by molar-refractivity contribution is 7.98. The van der Waals surface area contributed by atoms with Gasteiger partial charge in [-0.2, -0.15) is 0 Å². The number of hydrogen-bond donors (Lipinski definition) is 1. The van der Waals surface area contributed by atoms with Crippen LogP contribution in [-0.2, 0) is 5.75 Å². The van der Waals surface area contributed by atoms with E-state index < -0.39 is 0 Å². The molecule has 0 spiro atoms. The van der Waals surface area contributed by atoms with Gasteiger partial charge in [0, 0.05) is 6.54 Å². The highest BCUT2D eigenvalue weighted by atomic mass is 32.2. The molecular weight excluding hydrogens is 324 g/mol. The normalized spacial score (nSPS) is 11.3. The number of carbonyl (C=O) groups excluding carboxylic acids is 1. The summed E-state index contributed by atoms with van der Waals surface area (Å²) in [7, 11) is 0. The quantitative estimate of drug-likeness (QED) is 0.640. The maximum Gasteiger partial charge on any atom is 0.286 e. The highest BCUT2D eigenvalue weighted by Gasteiger charge is 2.12. The Hall–Kier alpha value is -2.21. The van der Waals surface area contributed by atoms with Crippen LogP contribution in [0, 0.1) is 5.92 Å². The Labute approximate surface area is 144 Å². The van der Waals surface area contributed by atoms with Gasteiger partial charge in [-0.15, -0.1) is 0 Å². The van der Waals surface area contributed by atoms with E-state index in [2.05, 4.69) is 24.1 Å². The molecule has 0 aliphatic rings. The highest BCUT2D eigenvalue weighted by Crippen LogP contribution is 2.26. The van der Waals surface area contributed by atoms with E-state index in [0.29, 0.717) is 29.2 Å². The molecule has 0 unspecified atom stereocenters. The Morgan fingerprint density at radius 3 is 2.83 bits per heavy atom. The molecule has 5 nitrogen and oxygen atoms in total. The molecule has 24 heavy (non-hydrogen) atoms. The molecule has 0 aliphatic carbocycles.